The lowest BCUT2D eigenvalue weighted by Crippen LogP contribution is -2.44. The third-order valence-corrected chi connectivity index (χ3v) is 7.87. The molecule has 1 aromatic heterocycles. The van der Waals surface area contributed by atoms with Crippen LogP contribution in [0.15, 0.2) is 35.4 Å². The van der Waals surface area contributed by atoms with E-state index < -0.39 is 10.0 Å². The first-order chi connectivity index (χ1) is 12.4. The van der Waals surface area contributed by atoms with Gasteiger partial charge in [-0.25, -0.2) is 8.42 Å². The highest BCUT2D eigenvalue weighted by atomic mass is 32.2. The van der Waals surface area contributed by atoms with E-state index in [9.17, 15) is 8.42 Å². The number of hydrogen-bond donors (Lipinski definition) is 0. The van der Waals surface area contributed by atoms with Gasteiger partial charge in [0.1, 0.15) is 0 Å². The molecule has 0 amide bonds. The number of rotatable bonds is 3. The third kappa shape index (κ3) is 2.84. The zero-order chi connectivity index (χ0) is 18.5. The van der Waals surface area contributed by atoms with Crippen molar-refractivity contribution in [2.75, 3.05) is 13.1 Å². The molecular weight excluding hydrogens is 346 g/mol. The fourth-order valence-corrected chi connectivity index (χ4v) is 6.47. The summed E-state index contributed by atoms with van der Waals surface area (Å²) < 4.78 is 28.7. The number of hydrogen-bond acceptors (Lipinski definition) is 4. The average molecular weight is 374 g/mol. The maximum Gasteiger partial charge on any atom is 0.243 e. The van der Waals surface area contributed by atoms with Crippen LogP contribution in [-0.4, -0.2) is 53.8 Å². The fraction of sp³-hybridized carbons (Fsp3) is 0.550. The van der Waals surface area contributed by atoms with Gasteiger partial charge in [0, 0.05) is 42.8 Å². The molecule has 2 atom stereocenters. The van der Waals surface area contributed by atoms with Gasteiger partial charge in [-0.3, -0.25) is 9.88 Å². The number of sulfonamides is 1. The molecular formula is C20H27N3O2S. The lowest BCUT2D eigenvalue weighted by molar-refractivity contribution is 0.154. The van der Waals surface area contributed by atoms with Crippen molar-refractivity contribution >= 4 is 20.9 Å². The molecule has 0 saturated carbocycles. The molecule has 2 aliphatic rings. The summed E-state index contributed by atoms with van der Waals surface area (Å²) in [6.45, 7) is 7.59. The first-order valence-electron chi connectivity index (χ1n) is 9.51. The summed E-state index contributed by atoms with van der Waals surface area (Å²) in [5.74, 6) is 0. The van der Waals surface area contributed by atoms with Gasteiger partial charge in [0.2, 0.25) is 10.0 Å². The fourth-order valence-electron chi connectivity index (χ4n) is 4.79. The van der Waals surface area contributed by atoms with Crippen LogP contribution in [0.4, 0.5) is 0 Å². The maximum atomic E-state index is 13.5. The van der Waals surface area contributed by atoms with Crippen LogP contribution in [0.2, 0.25) is 0 Å². The van der Waals surface area contributed by atoms with Gasteiger partial charge in [0.25, 0.3) is 0 Å². The van der Waals surface area contributed by atoms with Crippen molar-refractivity contribution in [3.63, 3.8) is 0 Å². The molecule has 3 heterocycles. The smallest absolute Gasteiger partial charge is 0.243 e. The van der Waals surface area contributed by atoms with Gasteiger partial charge in [-0.15, -0.1) is 0 Å². The molecule has 0 spiro atoms. The second-order valence-corrected chi connectivity index (χ2v) is 9.76. The van der Waals surface area contributed by atoms with E-state index in [4.69, 9.17) is 0 Å². The lowest BCUT2D eigenvalue weighted by atomic mass is 10.1. The molecule has 0 N–H and O–H groups in total. The van der Waals surface area contributed by atoms with Crippen LogP contribution >= 0.6 is 0 Å². The molecule has 0 aliphatic carbocycles. The second kappa shape index (κ2) is 6.59. The summed E-state index contributed by atoms with van der Waals surface area (Å²) in [7, 11) is -3.53. The highest BCUT2D eigenvalue weighted by Crippen LogP contribution is 2.35. The van der Waals surface area contributed by atoms with Crippen molar-refractivity contribution in [1.29, 1.82) is 0 Å². The molecule has 2 unspecified atom stereocenters. The van der Waals surface area contributed by atoms with E-state index in [0.717, 1.165) is 29.3 Å². The van der Waals surface area contributed by atoms with E-state index >= 15 is 0 Å². The zero-order valence-corrected chi connectivity index (χ0v) is 16.5. The van der Waals surface area contributed by atoms with Crippen molar-refractivity contribution in [1.82, 2.24) is 14.2 Å². The van der Waals surface area contributed by atoms with Gasteiger partial charge in [-0.1, -0.05) is 6.07 Å². The normalized spacial score (nSPS) is 25.1. The Morgan fingerprint density at radius 2 is 1.88 bits per heavy atom. The molecule has 1 aromatic carbocycles. The van der Waals surface area contributed by atoms with Gasteiger partial charge in [0.05, 0.1) is 10.4 Å². The standard InChI is InChI=1S/C20H27N3O2S/c1-14(2)23-16-7-8-17(23)13-22(12-10-16)26(24,25)19-9-6-15(3)20-18(19)5-4-11-21-20/h4-6,9,11,14,16-17H,7-8,10,12-13H2,1-3H3. The molecule has 2 bridgehead atoms. The SMILES string of the molecule is Cc1ccc(S(=O)(=O)N2CCC3CCC(C2)N3C(C)C)c2cccnc12. The van der Waals surface area contributed by atoms with Crippen molar-refractivity contribution in [2.24, 2.45) is 0 Å². The van der Waals surface area contributed by atoms with Gasteiger partial charge in [0.15, 0.2) is 0 Å². The van der Waals surface area contributed by atoms with Crippen LogP contribution in [0.5, 0.6) is 0 Å². The van der Waals surface area contributed by atoms with Gasteiger partial charge < -0.3 is 0 Å². The van der Waals surface area contributed by atoms with E-state index in [2.05, 4.69) is 23.7 Å². The lowest BCUT2D eigenvalue weighted by Gasteiger charge is -2.32. The van der Waals surface area contributed by atoms with Gasteiger partial charge >= 0.3 is 0 Å². The summed E-state index contributed by atoms with van der Waals surface area (Å²) in [6.07, 6.45) is 4.91. The Morgan fingerprint density at radius 1 is 1.12 bits per heavy atom. The van der Waals surface area contributed by atoms with Crippen LogP contribution in [0.3, 0.4) is 0 Å². The van der Waals surface area contributed by atoms with E-state index in [0.29, 0.717) is 36.1 Å². The third-order valence-electron chi connectivity index (χ3n) is 5.95. The highest BCUT2D eigenvalue weighted by molar-refractivity contribution is 7.89. The minimum atomic E-state index is -3.53. The monoisotopic (exact) mass is 373 g/mol. The Hall–Kier alpha value is -1.50. The predicted molar refractivity (Wildman–Crippen MR) is 104 cm³/mol. The number of aromatic nitrogens is 1. The number of pyridine rings is 1. The summed E-state index contributed by atoms with van der Waals surface area (Å²) >= 11 is 0. The summed E-state index contributed by atoms with van der Waals surface area (Å²) in [5, 5.41) is 0.725. The van der Waals surface area contributed by atoms with Gasteiger partial charge in [-0.05, 0) is 63.8 Å². The molecule has 5 nitrogen and oxygen atoms in total. The molecule has 0 radical (unpaired) electrons. The Balaban J connectivity index is 1.73. The van der Waals surface area contributed by atoms with Crippen molar-refractivity contribution in [2.45, 2.75) is 63.1 Å². The quantitative estimate of drug-likeness (QED) is 0.829. The van der Waals surface area contributed by atoms with E-state index in [1.165, 1.54) is 6.42 Å². The molecule has 4 rings (SSSR count). The molecule has 2 saturated heterocycles. The molecule has 6 heteroatoms. The minimum absolute atomic E-state index is 0.326. The largest absolute Gasteiger partial charge is 0.294 e. The summed E-state index contributed by atoms with van der Waals surface area (Å²) in [6, 6.07) is 8.59. The Kier molecular flexibility index (Phi) is 4.53. The Bertz CT molecular complexity index is 926. The second-order valence-electron chi connectivity index (χ2n) is 7.86. The van der Waals surface area contributed by atoms with Gasteiger partial charge in [-0.2, -0.15) is 4.31 Å². The van der Waals surface area contributed by atoms with Crippen LogP contribution in [0, 0.1) is 6.92 Å². The summed E-state index contributed by atoms with van der Waals surface area (Å²) in [4.78, 5) is 7.32. The van der Waals surface area contributed by atoms with Crippen LogP contribution in [0.1, 0.15) is 38.7 Å². The van der Waals surface area contributed by atoms with Crippen molar-refractivity contribution in [3.05, 3.63) is 36.0 Å². The molecule has 2 aromatic rings. The predicted octanol–water partition coefficient (Wildman–Crippen LogP) is 3.18. The molecule has 2 fully saturated rings. The first-order valence-corrected chi connectivity index (χ1v) is 11.0. The highest BCUT2D eigenvalue weighted by Gasteiger charge is 2.41. The molecule has 140 valence electrons. The first kappa shape index (κ1) is 17.9. The topological polar surface area (TPSA) is 53.5 Å². The number of fused-ring (bicyclic) bond motifs is 3. The van der Waals surface area contributed by atoms with Crippen molar-refractivity contribution < 1.29 is 8.42 Å². The van der Waals surface area contributed by atoms with Crippen LogP contribution < -0.4 is 0 Å². The van der Waals surface area contributed by atoms with Crippen LogP contribution in [-0.2, 0) is 10.0 Å². The zero-order valence-electron chi connectivity index (χ0n) is 15.7. The number of aryl methyl sites for hydroxylation is 1. The van der Waals surface area contributed by atoms with Crippen molar-refractivity contribution in [3.8, 4) is 0 Å². The number of benzene rings is 1. The summed E-state index contributed by atoms with van der Waals surface area (Å²) in [5.41, 5.74) is 1.77. The maximum absolute atomic E-state index is 13.5. The molecule has 2 aliphatic heterocycles. The average Bonchev–Trinajstić information content (AvgIpc) is 2.89. The van der Waals surface area contributed by atoms with E-state index in [1.807, 2.05) is 25.1 Å². The Morgan fingerprint density at radius 3 is 2.65 bits per heavy atom. The number of nitrogens with zero attached hydrogens (tertiary/aromatic N) is 3. The van der Waals surface area contributed by atoms with E-state index in [1.54, 1.807) is 16.6 Å². The minimum Gasteiger partial charge on any atom is -0.294 e. The molecule has 26 heavy (non-hydrogen) atoms. The Labute approximate surface area is 156 Å². The van der Waals surface area contributed by atoms with Crippen LogP contribution in [0.25, 0.3) is 10.9 Å². The van der Waals surface area contributed by atoms with E-state index in [-0.39, 0.29) is 0 Å².